The zero-order chi connectivity index (χ0) is 15.2. The van der Waals surface area contributed by atoms with E-state index in [0.717, 1.165) is 0 Å². The van der Waals surface area contributed by atoms with E-state index < -0.39 is 0 Å². The monoisotopic (exact) mass is 349 g/mol. The molecule has 0 saturated heterocycles. The number of hydrazone groups is 1. The Morgan fingerprint density at radius 2 is 2.33 bits per heavy atom. The summed E-state index contributed by atoms with van der Waals surface area (Å²) in [5.41, 5.74) is 3.16. The second-order valence-electron chi connectivity index (χ2n) is 3.99. The molecule has 0 bridgehead atoms. The van der Waals surface area contributed by atoms with Crippen LogP contribution >= 0.6 is 15.9 Å². The highest BCUT2D eigenvalue weighted by molar-refractivity contribution is 9.10. The van der Waals surface area contributed by atoms with Gasteiger partial charge in [-0.3, -0.25) is 9.78 Å². The van der Waals surface area contributed by atoms with Gasteiger partial charge in [-0.15, -0.1) is 0 Å². The smallest absolute Gasteiger partial charge is 0.272 e. The zero-order valence-electron chi connectivity index (χ0n) is 11.1. The number of ether oxygens (including phenoxy) is 1. The van der Waals surface area contributed by atoms with Gasteiger partial charge in [0.25, 0.3) is 5.91 Å². The number of benzene rings is 1. The van der Waals surface area contributed by atoms with Gasteiger partial charge in [0.15, 0.2) is 0 Å². The normalized spacial score (nSPS) is 10.6. The number of phenols is 1. The predicted octanol–water partition coefficient (Wildman–Crippen LogP) is 2.32. The van der Waals surface area contributed by atoms with Gasteiger partial charge in [0, 0.05) is 18.0 Å². The zero-order valence-corrected chi connectivity index (χ0v) is 12.7. The van der Waals surface area contributed by atoms with Crippen molar-refractivity contribution < 1.29 is 14.6 Å². The van der Waals surface area contributed by atoms with Gasteiger partial charge in [0.2, 0.25) is 0 Å². The molecule has 0 spiro atoms. The molecular formula is C14H12BrN3O3. The first-order chi connectivity index (χ1) is 10.1. The molecule has 0 unspecified atom stereocenters. The SMILES string of the molecule is COc1cc(Br)c(O)c(/C=N\NC(=O)c2cccnc2)c1. The van der Waals surface area contributed by atoms with Gasteiger partial charge in [0.05, 0.1) is 23.4 Å². The minimum Gasteiger partial charge on any atom is -0.506 e. The van der Waals surface area contributed by atoms with Crippen LogP contribution in [0.2, 0.25) is 0 Å². The highest BCUT2D eigenvalue weighted by Gasteiger charge is 2.07. The Labute approximate surface area is 129 Å². The summed E-state index contributed by atoms with van der Waals surface area (Å²) in [6, 6.07) is 6.50. The number of aromatic nitrogens is 1. The summed E-state index contributed by atoms with van der Waals surface area (Å²) in [5, 5.41) is 13.7. The molecule has 2 rings (SSSR count). The third-order valence-electron chi connectivity index (χ3n) is 2.60. The number of hydrogen-bond donors (Lipinski definition) is 2. The third kappa shape index (κ3) is 3.79. The maximum atomic E-state index is 11.7. The molecule has 0 fully saturated rings. The fourth-order valence-electron chi connectivity index (χ4n) is 1.53. The van der Waals surface area contributed by atoms with Crippen LogP contribution in [0.15, 0.2) is 46.2 Å². The fraction of sp³-hybridized carbons (Fsp3) is 0.0714. The molecule has 7 heteroatoms. The topological polar surface area (TPSA) is 83.8 Å². The van der Waals surface area contributed by atoms with Crippen molar-refractivity contribution in [2.24, 2.45) is 5.10 Å². The van der Waals surface area contributed by atoms with Crippen molar-refractivity contribution in [3.05, 3.63) is 52.3 Å². The van der Waals surface area contributed by atoms with Crippen LogP contribution in [0.5, 0.6) is 11.5 Å². The van der Waals surface area contributed by atoms with Crippen LogP contribution in [-0.4, -0.2) is 29.3 Å². The molecule has 0 atom stereocenters. The number of phenolic OH excluding ortho intramolecular Hbond substituents is 1. The van der Waals surface area contributed by atoms with Crippen LogP contribution in [0.3, 0.4) is 0 Å². The lowest BCUT2D eigenvalue weighted by atomic mass is 10.2. The van der Waals surface area contributed by atoms with Gasteiger partial charge >= 0.3 is 0 Å². The Kier molecular flexibility index (Phi) is 4.89. The van der Waals surface area contributed by atoms with Crippen molar-refractivity contribution >= 4 is 28.1 Å². The van der Waals surface area contributed by atoms with Crippen molar-refractivity contribution in [1.29, 1.82) is 0 Å². The van der Waals surface area contributed by atoms with E-state index in [2.05, 4.69) is 31.4 Å². The van der Waals surface area contributed by atoms with E-state index in [-0.39, 0.29) is 11.7 Å². The summed E-state index contributed by atoms with van der Waals surface area (Å²) in [5.74, 6) is 0.177. The average Bonchev–Trinajstić information content (AvgIpc) is 2.51. The predicted molar refractivity (Wildman–Crippen MR) is 81.7 cm³/mol. The van der Waals surface area contributed by atoms with Crippen LogP contribution in [0.25, 0.3) is 0 Å². The van der Waals surface area contributed by atoms with E-state index in [1.807, 2.05) is 0 Å². The van der Waals surface area contributed by atoms with E-state index in [1.54, 1.807) is 30.5 Å². The first kappa shape index (κ1) is 15.0. The lowest BCUT2D eigenvalue weighted by molar-refractivity contribution is 0.0954. The molecule has 2 N–H and O–H groups in total. The number of amides is 1. The summed E-state index contributed by atoms with van der Waals surface area (Å²) < 4.78 is 5.56. The van der Waals surface area contributed by atoms with E-state index in [1.165, 1.54) is 19.5 Å². The molecule has 1 heterocycles. The van der Waals surface area contributed by atoms with Crippen molar-refractivity contribution in [1.82, 2.24) is 10.4 Å². The Morgan fingerprint density at radius 3 is 3.00 bits per heavy atom. The van der Waals surface area contributed by atoms with Crippen molar-refractivity contribution in [2.75, 3.05) is 7.11 Å². The molecule has 1 aromatic carbocycles. The van der Waals surface area contributed by atoms with Gasteiger partial charge < -0.3 is 9.84 Å². The van der Waals surface area contributed by atoms with Crippen LogP contribution in [0.4, 0.5) is 0 Å². The quantitative estimate of drug-likeness (QED) is 0.655. The molecular weight excluding hydrogens is 338 g/mol. The lowest BCUT2D eigenvalue weighted by Crippen LogP contribution is -2.17. The summed E-state index contributed by atoms with van der Waals surface area (Å²) in [7, 11) is 1.52. The molecule has 0 aliphatic rings. The second kappa shape index (κ2) is 6.85. The number of aromatic hydroxyl groups is 1. The number of carbonyl (C=O) groups excluding carboxylic acids is 1. The van der Waals surface area contributed by atoms with E-state index in [9.17, 15) is 9.90 Å². The van der Waals surface area contributed by atoms with Crippen LogP contribution in [0, 0.1) is 0 Å². The molecule has 108 valence electrons. The number of carbonyl (C=O) groups is 1. The first-order valence-electron chi connectivity index (χ1n) is 5.91. The molecule has 0 aliphatic carbocycles. The number of hydrogen-bond acceptors (Lipinski definition) is 5. The van der Waals surface area contributed by atoms with Crippen molar-refractivity contribution in [3.63, 3.8) is 0 Å². The average molecular weight is 350 g/mol. The maximum absolute atomic E-state index is 11.7. The number of nitrogens with zero attached hydrogens (tertiary/aromatic N) is 2. The highest BCUT2D eigenvalue weighted by Crippen LogP contribution is 2.31. The fourth-order valence-corrected chi connectivity index (χ4v) is 1.99. The number of halogens is 1. The largest absolute Gasteiger partial charge is 0.506 e. The molecule has 21 heavy (non-hydrogen) atoms. The molecule has 6 nitrogen and oxygen atoms in total. The van der Waals surface area contributed by atoms with Crippen molar-refractivity contribution in [3.8, 4) is 11.5 Å². The highest BCUT2D eigenvalue weighted by atomic mass is 79.9. The van der Waals surface area contributed by atoms with Crippen LogP contribution in [-0.2, 0) is 0 Å². The van der Waals surface area contributed by atoms with Gasteiger partial charge in [-0.2, -0.15) is 5.10 Å². The molecule has 1 aromatic heterocycles. The summed E-state index contributed by atoms with van der Waals surface area (Å²) in [6.07, 6.45) is 4.34. The summed E-state index contributed by atoms with van der Waals surface area (Å²) >= 11 is 3.21. The second-order valence-corrected chi connectivity index (χ2v) is 4.84. The Bertz CT molecular complexity index is 675. The third-order valence-corrected chi connectivity index (χ3v) is 3.20. The minimum atomic E-state index is -0.388. The number of pyridine rings is 1. The maximum Gasteiger partial charge on any atom is 0.272 e. The van der Waals surface area contributed by atoms with Crippen molar-refractivity contribution in [2.45, 2.75) is 0 Å². The molecule has 1 amide bonds. The van der Waals surface area contributed by atoms with Gasteiger partial charge in [-0.05, 0) is 40.2 Å². The van der Waals surface area contributed by atoms with E-state index in [4.69, 9.17) is 4.74 Å². The van der Waals surface area contributed by atoms with Gasteiger partial charge in [0.1, 0.15) is 11.5 Å². The Balaban J connectivity index is 2.12. The Morgan fingerprint density at radius 1 is 1.52 bits per heavy atom. The summed E-state index contributed by atoms with van der Waals surface area (Å²) in [6.45, 7) is 0. The Hall–Kier alpha value is -2.41. The van der Waals surface area contributed by atoms with Gasteiger partial charge in [-0.25, -0.2) is 5.43 Å². The first-order valence-corrected chi connectivity index (χ1v) is 6.71. The summed E-state index contributed by atoms with van der Waals surface area (Å²) in [4.78, 5) is 15.6. The van der Waals surface area contributed by atoms with E-state index in [0.29, 0.717) is 21.3 Å². The van der Waals surface area contributed by atoms with Crippen LogP contribution < -0.4 is 10.2 Å². The standard InChI is InChI=1S/C14H12BrN3O3/c1-21-11-5-10(13(19)12(15)6-11)8-17-18-14(20)9-3-2-4-16-7-9/h2-8,19H,1H3,(H,18,20)/b17-8-. The van der Waals surface area contributed by atoms with E-state index >= 15 is 0 Å². The number of rotatable bonds is 4. The minimum absolute atomic E-state index is 0.00942. The molecule has 2 aromatic rings. The van der Waals surface area contributed by atoms with Gasteiger partial charge in [-0.1, -0.05) is 0 Å². The number of methoxy groups -OCH3 is 1. The van der Waals surface area contributed by atoms with Crippen LogP contribution in [0.1, 0.15) is 15.9 Å². The number of nitrogens with one attached hydrogen (secondary N) is 1. The molecule has 0 radical (unpaired) electrons. The molecule has 0 saturated carbocycles. The lowest BCUT2D eigenvalue weighted by Gasteiger charge is -2.06. The molecule has 0 aliphatic heterocycles.